The summed E-state index contributed by atoms with van der Waals surface area (Å²) in [5.41, 5.74) is 1.68. The molecule has 0 bridgehead atoms. The summed E-state index contributed by atoms with van der Waals surface area (Å²) in [5.74, 6) is 0.737. The lowest BCUT2D eigenvalue weighted by Crippen LogP contribution is -2.48. The van der Waals surface area contributed by atoms with Gasteiger partial charge in [-0.15, -0.1) is 0 Å². The molecule has 2 aromatic carbocycles. The average Bonchev–Trinajstić information content (AvgIpc) is 3.28. The maximum atomic E-state index is 13.5. The van der Waals surface area contributed by atoms with Gasteiger partial charge in [0.25, 0.3) is 5.91 Å². The molecule has 2 aliphatic heterocycles. The summed E-state index contributed by atoms with van der Waals surface area (Å²) >= 11 is 12.1. The highest BCUT2D eigenvalue weighted by Gasteiger charge is 2.36. The van der Waals surface area contributed by atoms with Crippen molar-refractivity contribution < 1.29 is 14.3 Å². The Morgan fingerprint density at radius 3 is 2.62 bits per heavy atom. The lowest BCUT2D eigenvalue weighted by Gasteiger charge is -2.36. The van der Waals surface area contributed by atoms with Crippen molar-refractivity contribution in [3.8, 4) is 5.75 Å². The second-order valence-corrected chi connectivity index (χ2v) is 9.42. The van der Waals surface area contributed by atoms with Gasteiger partial charge in [-0.1, -0.05) is 35.3 Å². The van der Waals surface area contributed by atoms with Gasteiger partial charge in [-0.25, -0.2) is 0 Å². The lowest BCUT2D eigenvalue weighted by atomic mass is 9.95. The molecule has 2 fully saturated rings. The van der Waals surface area contributed by atoms with Crippen LogP contribution in [-0.2, 0) is 11.2 Å². The molecule has 170 valence electrons. The number of methoxy groups -OCH3 is 1. The summed E-state index contributed by atoms with van der Waals surface area (Å²) in [5, 5.41) is 0.783. The molecule has 0 radical (unpaired) electrons. The summed E-state index contributed by atoms with van der Waals surface area (Å²) in [6.45, 7) is 1.88. The molecule has 2 saturated heterocycles. The van der Waals surface area contributed by atoms with Gasteiger partial charge in [-0.05, 0) is 68.0 Å². The van der Waals surface area contributed by atoms with Crippen LogP contribution in [0.2, 0.25) is 10.0 Å². The Kier molecular flexibility index (Phi) is 7.27. The minimum Gasteiger partial charge on any atom is -0.497 e. The summed E-state index contributed by atoms with van der Waals surface area (Å²) in [6, 6.07) is 13.2. The molecule has 7 heteroatoms. The Morgan fingerprint density at radius 1 is 1.03 bits per heavy atom. The molecule has 32 heavy (non-hydrogen) atoms. The first-order valence-corrected chi connectivity index (χ1v) is 11.9. The van der Waals surface area contributed by atoms with E-state index in [1.54, 1.807) is 30.2 Å². The number of amides is 2. The first kappa shape index (κ1) is 22.9. The third-order valence-electron chi connectivity index (χ3n) is 6.49. The number of likely N-dealkylation sites (tertiary alicyclic amines) is 2. The molecule has 2 atom stereocenters. The van der Waals surface area contributed by atoms with Crippen LogP contribution in [0.3, 0.4) is 0 Å². The van der Waals surface area contributed by atoms with E-state index in [2.05, 4.69) is 6.07 Å². The predicted octanol–water partition coefficient (Wildman–Crippen LogP) is 5.09. The van der Waals surface area contributed by atoms with E-state index >= 15 is 0 Å². The number of carbonyl (C=O) groups excluding carboxylic acids is 2. The van der Waals surface area contributed by atoms with Gasteiger partial charge >= 0.3 is 0 Å². The zero-order valence-electron chi connectivity index (χ0n) is 18.2. The Balaban J connectivity index is 1.42. The van der Waals surface area contributed by atoms with Gasteiger partial charge in [-0.2, -0.15) is 0 Å². The SMILES string of the molecule is COc1cccc(CC2CCCN2C(=O)C2CCCN(C(=O)c3ccc(Cl)c(Cl)c3)C2)c1. The molecule has 4 rings (SSSR count). The number of nitrogens with zero attached hydrogens (tertiary/aromatic N) is 2. The highest BCUT2D eigenvalue weighted by Crippen LogP contribution is 2.29. The van der Waals surface area contributed by atoms with Crippen molar-refractivity contribution in [3.05, 3.63) is 63.6 Å². The van der Waals surface area contributed by atoms with Crippen molar-refractivity contribution in [3.63, 3.8) is 0 Å². The molecule has 2 aliphatic rings. The van der Waals surface area contributed by atoms with E-state index in [-0.39, 0.29) is 23.8 Å². The van der Waals surface area contributed by atoms with Gasteiger partial charge < -0.3 is 14.5 Å². The third kappa shape index (κ3) is 5.05. The molecule has 2 aromatic rings. The molecular formula is C25H28Cl2N2O3. The van der Waals surface area contributed by atoms with Crippen LogP contribution in [0.1, 0.15) is 41.6 Å². The monoisotopic (exact) mass is 474 g/mol. The normalized spacial score (nSPS) is 21.0. The van der Waals surface area contributed by atoms with E-state index in [9.17, 15) is 9.59 Å². The zero-order valence-corrected chi connectivity index (χ0v) is 19.7. The van der Waals surface area contributed by atoms with E-state index in [1.165, 1.54) is 5.56 Å². The van der Waals surface area contributed by atoms with Crippen LogP contribution in [0.5, 0.6) is 5.75 Å². The van der Waals surface area contributed by atoms with Crippen molar-refractivity contribution in [1.29, 1.82) is 0 Å². The maximum absolute atomic E-state index is 13.5. The molecule has 0 aliphatic carbocycles. The van der Waals surface area contributed by atoms with Crippen molar-refractivity contribution >= 4 is 35.0 Å². The summed E-state index contributed by atoms with van der Waals surface area (Å²) in [6.07, 6.45) is 4.46. The first-order chi connectivity index (χ1) is 15.5. The molecule has 2 amide bonds. The molecular weight excluding hydrogens is 447 g/mol. The first-order valence-electron chi connectivity index (χ1n) is 11.1. The summed E-state index contributed by atoms with van der Waals surface area (Å²) in [7, 11) is 1.67. The van der Waals surface area contributed by atoms with Crippen LogP contribution in [0, 0.1) is 5.92 Å². The van der Waals surface area contributed by atoms with E-state index < -0.39 is 0 Å². The number of halogens is 2. The topological polar surface area (TPSA) is 49.9 Å². The number of ether oxygens (including phenoxy) is 1. The molecule has 5 nitrogen and oxygen atoms in total. The molecule has 0 spiro atoms. The van der Waals surface area contributed by atoms with Gasteiger partial charge in [-0.3, -0.25) is 9.59 Å². The van der Waals surface area contributed by atoms with Crippen molar-refractivity contribution in [2.75, 3.05) is 26.7 Å². The van der Waals surface area contributed by atoms with Crippen molar-refractivity contribution in [2.24, 2.45) is 5.92 Å². The standard InChI is InChI=1S/C25H28Cl2N2O3/c1-32-21-8-2-5-17(14-21)13-20-7-4-12-29(20)25(31)19-6-3-11-28(16-19)24(30)18-9-10-22(26)23(27)15-18/h2,5,8-10,14-15,19-20H,3-4,6-7,11-13,16H2,1H3. The van der Waals surface area contributed by atoms with E-state index in [4.69, 9.17) is 27.9 Å². The van der Waals surface area contributed by atoms with Gasteiger partial charge in [0.2, 0.25) is 5.91 Å². The second kappa shape index (κ2) is 10.1. The fourth-order valence-electron chi connectivity index (χ4n) is 4.82. The molecule has 0 saturated carbocycles. The van der Waals surface area contributed by atoms with Gasteiger partial charge in [0.1, 0.15) is 5.75 Å². The maximum Gasteiger partial charge on any atom is 0.253 e. The highest BCUT2D eigenvalue weighted by molar-refractivity contribution is 6.42. The minimum absolute atomic E-state index is 0.101. The van der Waals surface area contributed by atoms with E-state index in [1.807, 2.05) is 23.1 Å². The van der Waals surface area contributed by atoms with Crippen LogP contribution < -0.4 is 4.74 Å². The summed E-state index contributed by atoms with van der Waals surface area (Å²) in [4.78, 5) is 30.3. The lowest BCUT2D eigenvalue weighted by molar-refractivity contribution is -0.137. The van der Waals surface area contributed by atoms with Gasteiger partial charge in [0.15, 0.2) is 0 Å². The highest BCUT2D eigenvalue weighted by atomic mass is 35.5. The predicted molar refractivity (Wildman–Crippen MR) is 127 cm³/mol. The number of piperidine rings is 1. The average molecular weight is 475 g/mol. The van der Waals surface area contributed by atoms with E-state index in [0.717, 1.165) is 44.4 Å². The molecule has 2 heterocycles. The molecule has 0 aromatic heterocycles. The fraction of sp³-hybridized carbons (Fsp3) is 0.440. The number of hydrogen-bond donors (Lipinski definition) is 0. The smallest absolute Gasteiger partial charge is 0.253 e. The van der Waals surface area contributed by atoms with E-state index in [0.29, 0.717) is 28.7 Å². The zero-order chi connectivity index (χ0) is 22.7. The largest absolute Gasteiger partial charge is 0.497 e. The number of carbonyl (C=O) groups is 2. The van der Waals surface area contributed by atoms with Crippen LogP contribution in [0.15, 0.2) is 42.5 Å². The molecule has 0 N–H and O–H groups in total. The Morgan fingerprint density at radius 2 is 1.84 bits per heavy atom. The van der Waals surface area contributed by atoms with Crippen LogP contribution in [0.25, 0.3) is 0 Å². The number of rotatable bonds is 5. The van der Waals surface area contributed by atoms with Gasteiger partial charge in [0, 0.05) is 31.2 Å². The van der Waals surface area contributed by atoms with Crippen molar-refractivity contribution in [2.45, 2.75) is 38.1 Å². The summed E-state index contributed by atoms with van der Waals surface area (Å²) < 4.78 is 5.34. The van der Waals surface area contributed by atoms with Crippen LogP contribution in [0.4, 0.5) is 0 Å². The third-order valence-corrected chi connectivity index (χ3v) is 7.23. The van der Waals surface area contributed by atoms with Gasteiger partial charge in [0.05, 0.1) is 23.1 Å². The Labute approximate surface area is 199 Å². The molecule has 2 unspecified atom stereocenters. The Hall–Kier alpha value is -2.24. The minimum atomic E-state index is -0.165. The second-order valence-electron chi connectivity index (χ2n) is 8.60. The van der Waals surface area contributed by atoms with Crippen LogP contribution >= 0.6 is 23.2 Å². The number of benzene rings is 2. The van der Waals surface area contributed by atoms with Crippen molar-refractivity contribution in [1.82, 2.24) is 9.80 Å². The quantitative estimate of drug-likeness (QED) is 0.606. The number of hydrogen-bond acceptors (Lipinski definition) is 3. The Bertz CT molecular complexity index is 997. The van der Waals surface area contributed by atoms with Crippen LogP contribution in [-0.4, -0.2) is 54.4 Å². The fourth-order valence-corrected chi connectivity index (χ4v) is 5.12.